The number of nitrogens with zero attached hydrogens (tertiary/aromatic N) is 3. The molecule has 202 valence electrons. The molecule has 6 aromatic carbocycles. The minimum Gasteiger partial charge on any atom is -0.0615 e. The molecule has 3 nitrogen and oxygen atoms in total. The van der Waals surface area contributed by atoms with Gasteiger partial charge in [0.25, 0.3) is 0 Å². The molecule has 0 atom stereocenters. The van der Waals surface area contributed by atoms with Crippen molar-refractivity contribution in [2.45, 2.75) is 0 Å². The van der Waals surface area contributed by atoms with Gasteiger partial charge in [-0.25, -0.2) is 0 Å². The van der Waals surface area contributed by atoms with Crippen LogP contribution < -0.4 is 0 Å². The first-order valence-electron chi connectivity index (χ1n) is 14.3. The Morgan fingerprint density at radius 2 is 0.814 bits per heavy atom. The van der Waals surface area contributed by atoms with Gasteiger partial charge in [-0.15, -0.1) is 0 Å². The molecule has 0 unspecified atom stereocenters. The van der Waals surface area contributed by atoms with Crippen LogP contribution >= 0.6 is 0 Å². The summed E-state index contributed by atoms with van der Waals surface area (Å²) in [6.07, 6.45) is 0. The molecule has 2 heterocycles. The second-order valence-electron chi connectivity index (χ2n) is 10.5. The van der Waals surface area contributed by atoms with Crippen LogP contribution in [0, 0.1) is 0 Å². The Bertz CT molecular complexity index is 2180. The van der Waals surface area contributed by atoms with Crippen molar-refractivity contribution in [3.8, 4) is 56.4 Å². The summed E-state index contributed by atoms with van der Waals surface area (Å²) in [7, 11) is 0. The van der Waals surface area contributed by atoms with Crippen LogP contribution in [-0.2, 0) is 0 Å². The number of fused-ring (bicyclic) bond motifs is 3. The summed E-state index contributed by atoms with van der Waals surface area (Å²) in [6.45, 7) is 0. The van der Waals surface area contributed by atoms with Crippen LogP contribution in [0.5, 0.6) is 0 Å². The molecule has 0 fully saturated rings. The second-order valence-corrected chi connectivity index (χ2v) is 13.5. The summed E-state index contributed by atoms with van der Waals surface area (Å²) in [5.41, 5.74) is 7.81. The van der Waals surface area contributed by atoms with Crippen LogP contribution in [0.1, 0.15) is 0 Å². The Kier molecular flexibility index (Phi) is 6.65. The van der Waals surface area contributed by atoms with Crippen LogP contribution in [-0.4, -0.2) is 35.4 Å². The van der Waals surface area contributed by atoms with Crippen LogP contribution in [0.4, 0.5) is 0 Å². The van der Waals surface area contributed by atoms with Gasteiger partial charge in [0.15, 0.2) is 0 Å². The van der Waals surface area contributed by atoms with Crippen LogP contribution in [0.3, 0.4) is 0 Å². The molecule has 0 radical (unpaired) electrons. The van der Waals surface area contributed by atoms with Gasteiger partial charge in [-0.05, 0) is 0 Å². The summed E-state index contributed by atoms with van der Waals surface area (Å²) in [5.74, 6) is 1.99. The van der Waals surface area contributed by atoms with Crippen molar-refractivity contribution < 1.29 is 0 Å². The predicted molar refractivity (Wildman–Crippen MR) is 179 cm³/mol. The molecule has 8 aromatic rings. The molecule has 0 bridgehead atoms. The number of benzene rings is 6. The fraction of sp³-hybridized carbons (Fsp3) is 0. The van der Waals surface area contributed by atoms with Gasteiger partial charge < -0.3 is 0 Å². The molecule has 0 aliphatic rings. The van der Waals surface area contributed by atoms with Crippen molar-refractivity contribution in [1.29, 1.82) is 0 Å². The Hall–Kier alpha value is -4.88. The van der Waals surface area contributed by atoms with Crippen LogP contribution in [0.25, 0.3) is 74.0 Å². The summed E-state index contributed by atoms with van der Waals surface area (Å²) < 4.78 is 3.06. The first-order valence-corrected chi connectivity index (χ1v) is 16.6. The molecular weight excluding hydrogens is 638 g/mol. The average molecular weight is 663 g/mol. The van der Waals surface area contributed by atoms with E-state index in [9.17, 15) is 0 Å². The van der Waals surface area contributed by atoms with Gasteiger partial charge in [-0.1, -0.05) is 60.7 Å². The van der Waals surface area contributed by atoms with Crippen molar-refractivity contribution in [2.75, 3.05) is 0 Å². The zero-order valence-corrected chi connectivity index (χ0v) is 25.5. The molecule has 0 saturated heterocycles. The van der Waals surface area contributed by atoms with Gasteiger partial charge >= 0.3 is 200 Å². The minimum absolute atomic E-state index is 0.429. The largest absolute Gasteiger partial charge is 0.0615 e. The SMILES string of the molecule is c1ccc(-c2nc(-c3ccccc3)nc(-c3cccc(-c4cccc(-c5cccc6c5[te]c5ccccc56)c4)c3)n2)cc1. The summed E-state index contributed by atoms with van der Waals surface area (Å²) in [5, 5.41) is 2.81. The second kappa shape index (κ2) is 11.1. The summed E-state index contributed by atoms with van der Waals surface area (Å²) in [4.78, 5) is 14.7. The molecule has 4 heteroatoms. The molecule has 2 aromatic heterocycles. The zero-order valence-electron chi connectivity index (χ0n) is 23.2. The molecule has 0 spiro atoms. The Balaban J connectivity index is 1.22. The third kappa shape index (κ3) is 4.96. The summed E-state index contributed by atoms with van der Waals surface area (Å²) >= 11 is -0.429. The van der Waals surface area contributed by atoms with E-state index >= 15 is 0 Å². The van der Waals surface area contributed by atoms with E-state index in [2.05, 4.69) is 91.0 Å². The van der Waals surface area contributed by atoms with Crippen molar-refractivity contribution >= 4 is 38.0 Å². The fourth-order valence-corrected chi connectivity index (χ4v) is 9.15. The quantitative estimate of drug-likeness (QED) is 0.172. The van der Waals surface area contributed by atoms with E-state index in [4.69, 9.17) is 15.0 Å². The Morgan fingerprint density at radius 1 is 0.349 bits per heavy atom. The molecule has 0 saturated carbocycles. The third-order valence-electron chi connectivity index (χ3n) is 7.73. The average Bonchev–Trinajstić information content (AvgIpc) is 3.48. The van der Waals surface area contributed by atoms with Gasteiger partial charge in [-0.3, -0.25) is 0 Å². The van der Waals surface area contributed by atoms with Gasteiger partial charge in [-0.2, -0.15) is 0 Å². The maximum Gasteiger partial charge on any atom is -0.0512 e. The molecule has 8 rings (SSSR count). The topological polar surface area (TPSA) is 38.7 Å². The normalized spacial score (nSPS) is 11.3. The van der Waals surface area contributed by atoms with Gasteiger partial charge in [0, 0.05) is 0 Å². The standard InChI is InChI=1S/C39H25N3Te/c1-3-12-26(13-4-1)37-40-38(27-14-5-2-6-15-27)42-39(41-37)31-19-10-17-29(25-31)28-16-9-18-30(24-28)32-21-11-22-34-33-20-7-8-23-35(33)43-36(32)34/h1-25H. The fourth-order valence-electron chi connectivity index (χ4n) is 5.62. The molecule has 0 N–H and O–H groups in total. The molecule has 0 aliphatic carbocycles. The Labute approximate surface area is 259 Å². The predicted octanol–water partition coefficient (Wildman–Crippen LogP) is 9.57. The molecule has 0 aliphatic heterocycles. The van der Waals surface area contributed by atoms with Crippen LogP contribution in [0.15, 0.2) is 152 Å². The molecule has 43 heavy (non-hydrogen) atoms. The number of rotatable bonds is 5. The minimum atomic E-state index is -0.429. The van der Waals surface area contributed by atoms with Crippen LogP contribution in [0.2, 0.25) is 0 Å². The molecule has 0 amide bonds. The van der Waals surface area contributed by atoms with E-state index in [1.54, 1.807) is 0 Å². The maximum absolute atomic E-state index is 4.94. The van der Waals surface area contributed by atoms with Crippen molar-refractivity contribution in [2.24, 2.45) is 0 Å². The van der Waals surface area contributed by atoms with E-state index in [0.29, 0.717) is 17.5 Å². The molecular formula is C39H25N3Te. The zero-order chi connectivity index (χ0) is 28.6. The van der Waals surface area contributed by atoms with E-state index in [1.165, 1.54) is 34.3 Å². The van der Waals surface area contributed by atoms with Gasteiger partial charge in [0.1, 0.15) is 0 Å². The summed E-state index contributed by atoms with van der Waals surface area (Å²) in [6, 6.07) is 53.3. The van der Waals surface area contributed by atoms with E-state index in [0.717, 1.165) is 22.3 Å². The van der Waals surface area contributed by atoms with Gasteiger partial charge in [0.2, 0.25) is 0 Å². The van der Waals surface area contributed by atoms with Gasteiger partial charge in [0.05, 0.1) is 0 Å². The third-order valence-corrected chi connectivity index (χ3v) is 11.2. The Morgan fingerprint density at radius 3 is 1.49 bits per heavy atom. The smallest absolute Gasteiger partial charge is 0.0512 e. The first kappa shape index (κ1) is 25.8. The number of hydrogen-bond acceptors (Lipinski definition) is 3. The van der Waals surface area contributed by atoms with Crippen molar-refractivity contribution in [3.63, 3.8) is 0 Å². The van der Waals surface area contributed by atoms with Crippen molar-refractivity contribution in [3.05, 3.63) is 152 Å². The number of hydrogen-bond donors (Lipinski definition) is 0. The number of aromatic nitrogens is 3. The maximum atomic E-state index is 4.94. The van der Waals surface area contributed by atoms with E-state index < -0.39 is 20.4 Å². The first-order chi connectivity index (χ1) is 21.3. The van der Waals surface area contributed by atoms with Crippen molar-refractivity contribution in [1.82, 2.24) is 15.0 Å². The van der Waals surface area contributed by atoms with E-state index in [1.807, 2.05) is 60.7 Å². The van der Waals surface area contributed by atoms with E-state index in [-0.39, 0.29) is 0 Å². The monoisotopic (exact) mass is 665 g/mol.